The Morgan fingerprint density at radius 3 is 2.46 bits per heavy atom. The van der Waals surface area contributed by atoms with Gasteiger partial charge in [0.05, 0.1) is 15.6 Å². The zero-order valence-corrected chi connectivity index (χ0v) is 8.42. The molecule has 0 radical (unpaired) electrons. The Hall–Kier alpha value is -0.450. The Morgan fingerprint density at radius 1 is 1.46 bits per heavy atom. The number of thiol groups is 1. The number of rotatable bonds is 1. The van der Waals surface area contributed by atoms with Crippen LogP contribution >= 0.6 is 35.8 Å². The van der Waals surface area contributed by atoms with E-state index in [-0.39, 0.29) is 20.5 Å². The molecule has 0 fully saturated rings. The average molecular weight is 241 g/mol. The van der Waals surface area contributed by atoms with Crippen molar-refractivity contribution in [2.45, 2.75) is 4.90 Å². The fourth-order valence-corrected chi connectivity index (χ4v) is 1.40. The Labute approximate surface area is 88.7 Å². The van der Waals surface area contributed by atoms with Gasteiger partial charge in [0.1, 0.15) is 5.82 Å². The maximum absolute atomic E-state index is 12.9. The monoisotopic (exact) mass is 240 g/mol. The van der Waals surface area contributed by atoms with Crippen LogP contribution in [-0.4, -0.2) is 11.1 Å². The summed E-state index contributed by atoms with van der Waals surface area (Å²) in [6.07, 6.45) is 0. The molecule has 1 aromatic rings. The van der Waals surface area contributed by atoms with Crippen LogP contribution in [0.2, 0.25) is 10.0 Å². The van der Waals surface area contributed by atoms with E-state index in [9.17, 15) is 9.18 Å². The summed E-state index contributed by atoms with van der Waals surface area (Å²) in [5.41, 5.74) is -0.353. The standard InChI is InChI=1S/C7H3Cl2FO2S/c8-4-2(7(11)12)1-3(10)5(9)6(4)13/h1,13H,(H,11,12). The molecule has 0 aliphatic carbocycles. The molecule has 0 unspecified atom stereocenters. The van der Waals surface area contributed by atoms with E-state index in [1.165, 1.54) is 0 Å². The van der Waals surface area contributed by atoms with E-state index in [0.29, 0.717) is 0 Å². The molecule has 0 aromatic heterocycles. The Morgan fingerprint density at radius 2 is 2.00 bits per heavy atom. The van der Waals surface area contributed by atoms with Crippen LogP contribution in [-0.2, 0) is 0 Å². The van der Waals surface area contributed by atoms with Crippen molar-refractivity contribution in [3.8, 4) is 0 Å². The second-order valence-electron chi connectivity index (χ2n) is 2.19. The molecule has 0 bridgehead atoms. The van der Waals surface area contributed by atoms with Crippen LogP contribution in [0.5, 0.6) is 0 Å². The highest BCUT2D eigenvalue weighted by Gasteiger charge is 2.17. The molecule has 70 valence electrons. The van der Waals surface area contributed by atoms with Gasteiger partial charge in [-0.3, -0.25) is 0 Å². The van der Waals surface area contributed by atoms with E-state index in [0.717, 1.165) is 6.07 Å². The molecule has 6 heteroatoms. The summed E-state index contributed by atoms with van der Waals surface area (Å²) < 4.78 is 12.9. The van der Waals surface area contributed by atoms with Gasteiger partial charge in [0.2, 0.25) is 0 Å². The van der Waals surface area contributed by atoms with E-state index < -0.39 is 11.8 Å². The van der Waals surface area contributed by atoms with Crippen molar-refractivity contribution in [3.63, 3.8) is 0 Å². The molecule has 2 nitrogen and oxygen atoms in total. The van der Waals surface area contributed by atoms with Gasteiger partial charge in [0.15, 0.2) is 0 Å². The van der Waals surface area contributed by atoms with Crippen molar-refractivity contribution in [1.29, 1.82) is 0 Å². The number of carbonyl (C=O) groups is 1. The van der Waals surface area contributed by atoms with Gasteiger partial charge in [-0.2, -0.15) is 0 Å². The summed E-state index contributed by atoms with van der Waals surface area (Å²) >= 11 is 14.8. The zero-order valence-electron chi connectivity index (χ0n) is 6.01. The number of carboxylic acid groups (broad SMARTS) is 1. The molecular weight excluding hydrogens is 238 g/mol. The Kier molecular flexibility index (Phi) is 3.05. The highest BCUT2D eigenvalue weighted by molar-refractivity contribution is 7.80. The SMILES string of the molecule is O=C(O)c1cc(F)c(Cl)c(S)c1Cl. The van der Waals surface area contributed by atoms with Gasteiger partial charge in [0.25, 0.3) is 0 Å². The van der Waals surface area contributed by atoms with Gasteiger partial charge in [0, 0.05) is 4.90 Å². The van der Waals surface area contributed by atoms with Gasteiger partial charge < -0.3 is 5.11 Å². The van der Waals surface area contributed by atoms with E-state index in [2.05, 4.69) is 12.6 Å². The maximum atomic E-state index is 12.9. The molecule has 13 heavy (non-hydrogen) atoms. The van der Waals surface area contributed by atoms with Crippen molar-refractivity contribution in [2.75, 3.05) is 0 Å². The molecule has 0 amide bonds. The Bertz CT molecular complexity index is 381. The molecule has 0 saturated heterocycles. The quantitative estimate of drug-likeness (QED) is 0.585. The third kappa shape index (κ3) is 1.90. The zero-order chi connectivity index (χ0) is 10.2. The van der Waals surface area contributed by atoms with Crippen LogP contribution in [0.25, 0.3) is 0 Å². The molecular formula is C7H3Cl2FO2S. The second-order valence-corrected chi connectivity index (χ2v) is 3.39. The maximum Gasteiger partial charge on any atom is 0.337 e. The number of benzene rings is 1. The molecule has 0 atom stereocenters. The number of halogens is 3. The molecule has 1 rings (SSSR count). The first-order chi connectivity index (χ1) is 5.95. The third-order valence-corrected chi connectivity index (χ3v) is 2.84. The van der Waals surface area contributed by atoms with E-state index in [4.69, 9.17) is 28.3 Å². The van der Waals surface area contributed by atoms with Crippen molar-refractivity contribution < 1.29 is 14.3 Å². The summed E-state index contributed by atoms with van der Waals surface area (Å²) in [6, 6.07) is 0.757. The van der Waals surface area contributed by atoms with Crippen LogP contribution < -0.4 is 0 Å². The topological polar surface area (TPSA) is 37.3 Å². The van der Waals surface area contributed by atoms with Crippen LogP contribution in [0.15, 0.2) is 11.0 Å². The summed E-state index contributed by atoms with van der Waals surface area (Å²) in [4.78, 5) is 10.4. The summed E-state index contributed by atoms with van der Waals surface area (Å²) in [7, 11) is 0. The van der Waals surface area contributed by atoms with Gasteiger partial charge in [-0.15, -0.1) is 12.6 Å². The van der Waals surface area contributed by atoms with Crippen LogP contribution in [0.3, 0.4) is 0 Å². The van der Waals surface area contributed by atoms with Crippen LogP contribution in [0.4, 0.5) is 4.39 Å². The molecule has 1 N–H and O–H groups in total. The highest BCUT2D eigenvalue weighted by Crippen LogP contribution is 2.33. The fourth-order valence-electron chi connectivity index (χ4n) is 0.746. The predicted octanol–water partition coefficient (Wildman–Crippen LogP) is 3.12. The van der Waals surface area contributed by atoms with Crippen molar-refractivity contribution >= 4 is 41.8 Å². The minimum atomic E-state index is -1.32. The first-order valence-electron chi connectivity index (χ1n) is 3.05. The molecule has 0 heterocycles. The highest BCUT2D eigenvalue weighted by atomic mass is 35.5. The minimum Gasteiger partial charge on any atom is -0.478 e. The van der Waals surface area contributed by atoms with Gasteiger partial charge in [-0.1, -0.05) is 23.2 Å². The smallest absolute Gasteiger partial charge is 0.337 e. The summed E-state index contributed by atoms with van der Waals surface area (Å²) in [5, 5.41) is 8.13. The molecule has 1 aromatic carbocycles. The largest absolute Gasteiger partial charge is 0.478 e. The normalized spacial score (nSPS) is 10.2. The minimum absolute atomic E-state index is 0.0688. The number of aromatic carboxylic acids is 1. The third-order valence-electron chi connectivity index (χ3n) is 1.36. The van der Waals surface area contributed by atoms with Crippen molar-refractivity contribution in [3.05, 3.63) is 27.5 Å². The van der Waals surface area contributed by atoms with Crippen LogP contribution in [0.1, 0.15) is 10.4 Å². The van der Waals surface area contributed by atoms with Crippen LogP contribution in [0, 0.1) is 5.82 Å². The number of hydrogen-bond acceptors (Lipinski definition) is 2. The van der Waals surface area contributed by atoms with E-state index in [1.54, 1.807) is 0 Å². The van der Waals surface area contributed by atoms with Gasteiger partial charge in [-0.05, 0) is 6.07 Å². The molecule has 0 aliphatic heterocycles. The lowest BCUT2D eigenvalue weighted by Crippen LogP contribution is -1.99. The van der Waals surface area contributed by atoms with Crippen molar-refractivity contribution in [1.82, 2.24) is 0 Å². The lowest BCUT2D eigenvalue weighted by molar-refractivity contribution is 0.0696. The molecule has 0 spiro atoms. The predicted molar refractivity (Wildman–Crippen MR) is 50.6 cm³/mol. The molecule has 0 saturated carbocycles. The van der Waals surface area contributed by atoms with Gasteiger partial charge in [-0.25, -0.2) is 9.18 Å². The Balaban J connectivity index is 3.50. The van der Waals surface area contributed by atoms with Crippen molar-refractivity contribution in [2.24, 2.45) is 0 Å². The summed E-state index contributed by atoms with van der Waals surface area (Å²) in [5.74, 6) is -2.18. The fraction of sp³-hybridized carbons (Fsp3) is 0. The first kappa shape index (κ1) is 10.6. The number of hydrogen-bond donors (Lipinski definition) is 2. The van der Waals surface area contributed by atoms with Gasteiger partial charge >= 0.3 is 5.97 Å². The average Bonchev–Trinajstić information content (AvgIpc) is 2.07. The lowest BCUT2D eigenvalue weighted by Gasteiger charge is -2.04. The molecule has 0 aliphatic rings. The first-order valence-corrected chi connectivity index (χ1v) is 4.25. The lowest BCUT2D eigenvalue weighted by atomic mass is 10.2. The van der Waals surface area contributed by atoms with E-state index in [1.807, 2.05) is 0 Å². The summed E-state index contributed by atoms with van der Waals surface area (Å²) in [6.45, 7) is 0. The van der Waals surface area contributed by atoms with E-state index >= 15 is 0 Å². The number of carboxylic acids is 1. The second kappa shape index (κ2) is 3.74.